The lowest BCUT2D eigenvalue weighted by Crippen LogP contribution is -2.15. The van der Waals surface area contributed by atoms with Crippen molar-refractivity contribution in [2.75, 3.05) is 6.61 Å². The first-order valence-electron chi connectivity index (χ1n) is 4.49. The van der Waals surface area contributed by atoms with E-state index in [0.717, 1.165) is 5.56 Å². The summed E-state index contributed by atoms with van der Waals surface area (Å²) in [5.41, 5.74) is 3.54. The average molecular weight is 180 g/mol. The van der Waals surface area contributed by atoms with Crippen molar-refractivity contribution in [3.63, 3.8) is 0 Å². The highest BCUT2D eigenvalue weighted by Gasteiger charge is 2.06. The zero-order chi connectivity index (χ0) is 9.84. The molecule has 2 heteroatoms. The van der Waals surface area contributed by atoms with Crippen LogP contribution >= 0.6 is 0 Å². The smallest absolute Gasteiger partial charge is 0.0811 e. The Kier molecular flexibility index (Phi) is 3.46. The van der Waals surface area contributed by atoms with Crippen molar-refractivity contribution >= 4 is 0 Å². The summed E-state index contributed by atoms with van der Waals surface area (Å²) in [5.74, 6) is 0. The summed E-state index contributed by atoms with van der Waals surface area (Å²) in [6.07, 6.45) is -0.107. The fourth-order valence-electron chi connectivity index (χ4n) is 1.35. The molecule has 1 unspecified atom stereocenters. The Bertz CT molecular complexity index is 281. The Labute approximate surface area is 78.8 Å². The van der Waals surface area contributed by atoms with Crippen LogP contribution in [0.4, 0.5) is 0 Å². The molecule has 0 heterocycles. The molecule has 0 bridgehead atoms. The van der Waals surface area contributed by atoms with Crippen LogP contribution in [0.3, 0.4) is 0 Å². The summed E-state index contributed by atoms with van der Waals surface area (Å²) < 4.78 is 0. The van der Waals surface area contributed by atoms with Gasteiger partial charge in [-0.15, -0.1) is 0 Å². The highest BCUT2D eigenvalue weighted by atomic mass is 16.3. The zero-order valence-electron chi connectivity index (χ0n) is 8.12. The lowest BCUT2D eigenvalue weighted by molar-refractivity contribution is 0.0954. The second-order valence-corrected chi connectivity index (χ2v) is 3.40. The molecule has 0 aliphatic carbocycles. The topological polar surface area (TPSA) is 40.5 Å². The molecule has 1 aromatic carbocycles. The lowest BCUT2D eigenvalue weighted by Gasteiger charge is -2.11. The predicted octanol–water partition coefficient (Wildman–Crippen LogP) is 1.20. The Morgan fingerprint density at radius 1 is 1.31 bits per heavy atom. The third-order valence-corrected chi connectivity index (χ3v) is 2.38. The van der Waals surface area contributed by atoms with E-state index in [0.29, 0.717) is 6.42 Å². The summed E-state index contributed by atoms with van der Waals surface area (Å²) in [4.78, 5) is 0. The van der Waals surface area contributed by atoms with Gasteiger partial charge in [-0.3, -0.25) is 0 Å². The normalized spacial score (nSPS) is 12.9. The van der Waals surface area contributed by atoms with Crippen LogP contribution in [0.1, 0.15) is 16.7 Å². The van der Waals surface area contributed by atoms with Gasteiger partial charge in [-0.2, -0.15) is 0 Å². The number of aryl methyl sites for hydroxylation is 1. The molecule has 1 aromatic rings. The van der Waals surface area contributed by atoms with E-state index in [-0.39, 0.29) is 6.61 Å². The van der Waals surface area contributed by atoms with Gasteiger partial charge >= 0.3 is 0 Å². The minimum atomic E-state index is -0.638. The minimum Gasteiger partial charge on any atom is -0.394 e. The molecule has 13 heavy (non-hydrogen) atoms. The van der Waals surface area contributed by atoms with Crippen molar-refractivity contribution in [1.29, 1.82) is 0 Å². The van der Waals surface area contributed by atoms with E-state index < -0.39 is 6.10 Å². The van der Waals surface area contributed by atoms with E-state index in [1.165, 1.54) is 11.1 Å². The maximum Gasteiger partial charge on any atom is 0.0811 e. The standard InChI is InChI=1S/C11H16O2/c1-8-4-3-5-10(9(8)2)6-11(13)7-12/h3-5,11-13H,6-7H2,1-2H3. The average Bonchev–Trinajstić information content (AvgIpc) is 2.13. The molecule has 0 aromatic heterocycles. The van der Waals surface area contributed by atoms with Gasteiger partial charge in [0.15, 0.2) is 0 Å². The van der Waals surface area contributed by atoms with E-state index in [2.05, 4.69) is 0 Å². The fourth-order valence-corrected chi connectivity index (χ4v) is 1.35. The number of aliphatic hydroxyl groups is 2. The van der Waals surface area contributed by atoms with Gasteiger partial charge in [0.25, 0.3) is 0 Å². The van der Waals surface area contributed by atoms with Crippen LogP contribution in [0.5, 0.6) is 0 Å². The monoisotopic (exact) mass is 180 g/mol. The molecule has 0 amide bonds. The molecule has 0 spiro atoms. The summed E-state index contributed by atoms with van der Waals surface area (Å²) in [7, 11) is 0. The molecule has 0 radical (unpaired) electrons. The van der Waals surface area contributed by atoms with E-state index in [1.807, 2.05) is 32.0 Å². The maximum atomic E-state index is 9.28. The van der Waals surface area contributed by atoms with Crippen LogP contribution in [0.2, 0.25) is 0 Å². The van der Waals surface area contributed by atoms with Crippen LogP contribution in [-0.4, -0.2) is 22.9 Å². The third-order valence-electron chi connectivity index (χ3n) is 2.38. The van der Waals surface area contributed by atoms with Crippen LogP contribution in [0.25, 0.3) is 0 Å². The molecule has 72 valence electrons. The second kappa shape index (κ2) is 4.40. The van der Waals surface area contributed by atoms with Gasteiger partial charge in [0, 0.05) is 6.42 Å². The molecule has 0 saturated heterocycles. The van der Waals surface area contributed by atoms with Crippen molar-refractivity contribution < 1.29 is 10.2 Å². The molecule has 0 fully saturated rings. The molecule has 1 atom stereocenters. The van der Waals surface area contributed by atoms with E-state index >= 15 is 0 Å². The van der Waals surface area contributed by atoms with Gasteiger partial charge in [-0.25, -0.2) is 0 Å². The lowest BCUT2D eigenvalue weighted by atomic mass is 9.99. The molecule has 2 nitrogen and oxygen atoms in total. The van der Waals surface area contributed by atoms with Gasteiger partial charge in [0.1, 0.15) is 0 Å². The number of aliphatic hydroxyl groups excluding tert-OH is 2. The first-order chi connectivity index (χ1) is 6.15. The van der Waals surface area contributed by atoms with Crippen molar-refractivity contribution in [3.8, 4) is 0 Å². The molecule has 2 N–H and O–H groups in total. The van der Waals surface area contributed by atoms with Gasteiger partial charge in [-0.1, -0.05) is 18.2 Å². The number of benzene rings is 1. The largest absolute Gasteiger partial charge is 0.394 e. The highest BCUT2D eigenvalue weighted by Crippen LogP contribution is 2.14. The Morgan fingerprint density at radius 2 is 2.00 bits per heavy atom. The van der Waals surface area contributed by atoms with Gasteiger partial charge < -0.3 is 10.2 Å². The summed E-state index contributed by atoms with van der Waals surface area (Å²) in [6, 6.07) is 6.01. The molecule has 1 rings (SSSR count). The van der Waals surface area contributed by atoms with Gasteiger partial charge in [-0.05, 0) is 30.5 Å². The molecular formula is C11H16O2. The molecule has 0 aliphatic heterocycles. The predicted molar refractivity (Wildman–Crippen MR) is 52.7 cm³/mol. The van der Waals surface area contributed by atoms with Gasteiger partial charge in [0.2, 0.25) is 0 Å². The SMILES string of the molecule is Cc1cccc(CC(O)CO)c1C. The van der Waals surface area contributed by atoms with Crippen LogP contribution < -0.4 is 0 Å². The maximum absolute atomic E-state index is 9.28. The van der Waals surface area contributed by atoms with Crippen molar-refractivity contribution in [2.45, 2.75) is 26.4 Å². The van der Waals surface area contributed by atoms with E-state index in [1.54, 1.807) is 0 Å². The molecule has 0 saturated carbocycles. The van der Waals surface area contributed by atoms with Crippen LogP contribution in [0.15, 0.2) is 18.2 Å². The fraction of sp³-hybridized carbons (Fsp3) is 0.455. The van der Waals surface area contributed by atoms with Crippen LogP contribution in [0, 0.1) is 13.8 Å². The van der Waals surface area contributed by atoms with Crippen molar-refractivity contribution in [2.24, 2.45) is 0 Å². The quantitative estimate of drug-likeness (QED) is 0.733. The van der Waals surface area contributed by atoms with E-state index in [4.69, 9.17) is 5.11 Å². The van der Waals surface area contributed by atoms with Gasteiger partial charge in [0.05, 0.1) is 12.7 Å². The number of hydrogen-bond acceptors (Lipinski definition) is 2. The minimum absolute atomic E-state index is 0.173. The van der Waals surface area contributed by atoms with Crippen molar-refractivity contribution in [3.05, 3.63) is 34.9 Å². The van der Waals surface area contributed by atoms with E-state index in [9.17, 15) is 5.11 Å². The molecule has 0 aliphatic rings. The molecular weight excluding hydrogens is 164 g/mol. The number of rotatable bonds is 3. The Morgan fingerprint density at radius 3 is 2.62 bits per heavy atom. The third kappa shape index (κ3) is 2.54. The summed E-state index contributed by atoms with van der Waals surface area (Å²) in [5, 5.41) is 18.0. The van der Waals surface area contributed by atoms with Crippen molar-refractivity contribution in [1.82, 2.24) is 0 Å². The first-order valence-corrected chi connectivity index (χ1v) is 4.49. The summed E-state index contributed by atoms with van der Waals surface area (Å²) in [6.45, 7) is 3.91. The highest BCUT2D eigenvalue weighted by molar-refractivity contribution is 5.33. The number of hydrogen-bond donors (Lipinski definition) is 2. The second-order valence-electron chi connectivity index (χ2n) is 3.40. The Hall–Kier alpha value is -0.860. The zero-order valence-corrected chi connectivity index (χ0v) is 8.12. The first kappa shape index (κ1) is 10.2. The summed E-state index contributed by atoms with van der Waals surface area (Å²) >= 11 is 0. The van der Waals surface area contributed by atoms with Crippen LogP contribution in [-0.2, 0) is 6.42 Å². The Balaban J connectivity index is 2.83.